The average Bonchev–Trinajstić information content (AvgIpc) is 3.23. The number of halogens is 1. The maximum Gasteiger partial charge on any atom is 0.331 e. The topological polar surface area (TPSA) is 81.8 Å². The van der Waals surface area contributed by atoms with Crippen molar-refractivity contribution in [1.82, 2.24) is 24.7 Å². The number of aromatic nitrogens is 2. The van der Waals surface area contributed by atoms with Crippen molar-refractivity contribution >= 4 is 22.9 Å². The van der Waals surface area contributed by atoms with E-state index in [-0.39, 0.29) is 23.8 Å². The number of rotatable bonds is 6. The third-order valence-corrected chi connectivity index (χ3v) is 7.09. The Kier molecular flexibility index (Phi) is 5.98. The maximum atomic E-state index is 13.7. The Morgan fingerprint density at radius 2 is 1.94 bits per heavy atom. The number of methoxy groups -OCH3 is 1. The number of piperazine rings is 1. The van der Waals surface area contributed by atoms with E-state index in [0.29, 0.717) is 13.1 Å². The van der Waals surface area contributed by atoms with Crippen LogP contribution in [0.4, 0.5) is 4.39 Å². The van der Waals surface area contributed by atoms with E-state index in [0.717, 1.165) is 48.4 Å². The molecule has 2 bridgehead atoms. The summed E-state index contributed by atoms with van der Waals surface area (Å²) < 4.78 is 18.6. The number of benzene rings is 1. The summed E-state index contributed by atoms with van der Waals surface area (Å²) in [5.41, 5.74) is 1.35. The van der Waals surface area contributed by atoms with E-state index in [1.807, 2.05) is 6.92 Å². The number of aryl methyl sites for hydroxylation is 1. The molecule has 32 heavy (non-hydrogen) atoms. The van der Waals surface area contributed by atoms with E-state index in [1.165, 1.54) is 24.1 Å². The molecular weight excluding hydrogens is 413 g/mol. The fraction of sp³-hybridized carbons (Fsp3) is 0.609. The van der Waals surface area contributed by atoms with Crippen molar-refractivity contribution in [3.63, 3.8) is 0 Å². The predicted octanol–water partition coefficient (Wildman–Crippen LogP) is 2.07. The monoisotopic (exact) mass is 445 g/mol. The van der Waals surface area contributed by atoms with Crippen molar-refractivity contribution in [2.45, 2.75) is 57.8 Å². The SMILES string of the molecule is COC(=O)C(C)(C)N(C)C(=O)CN1C2CCC1CN(Cc1nc3c(C)cc(F)cc3[nH]1)C2. The third-order valence-electron chi connectivity index (χ3n) is 7.09. The van der Waals surface area contributed by atoms with Gasteiger partial charge < -0.3 is 14.6 Å². The lowest BCUT2D eigenvalue weighted by atomic mass is 10.0. The van der Waals surface area contributed by atoms with E-state index < -0.39 is 11.5 Å². The van der Waals surface area contributed by atoms with Gasteiger partial charge in [-0.2, -0.15) is 0 Å². The molecule has 2 atom stereocenters. The number of amides is 1. The Morgan fingerprint density at radius 3 is 2.56 bits per heavy atom. The number of aromatic amines is 1. The molecule has 0 spiro atoms. The molecule has 1 aromatic heterocycles. The quantitative estimate of drug-likeness (QED) is 0.686. The van der Waals surface area contributed by atoms with Gasteiger partial charge in [-0.05, 0) is 51.3 Å². The Labute approximate surface area is 187 Å². The second-order valence-electron chi connectivity index (χ2n) is 9.56. The molecule has 0 saturated carbocycles. The third kappa shape index (κ3) is 4.11. The molecule has 2 aliphatic rings. The summed E-state index contributed by atoms with van der Waals surface area (Å²) in [5, 5.41) is 0. The molecule has 4 rings (SSSR count). The average molecular weight is 446 g/mol. The number of likely N-dealkylation sites (N-methyl/N-ethyl adjacent to an activating group) is 1. The Hall–Kier alpha value is -2.52. The first-order chi connectivity index (χ1) is 15.1. The fourth-order valence-electron chi connectivity index (χ4n) is 5.01. The minimum Gasteiger partial charge on any atom is -0.467 e. The summed E-state index contributed by atoms with van der Waals surface area (Å²) in [7, 11) is 2.99. The molecule has 1 aromatic carbocycles. The number of carbonyl (C=O) groups is 2. The molecule has 2 aromatic rings. The van der Waals surface area contributed by atoms with Crippen LogP contribution in [0, 0.1) is 12.7 Å². The van der Waals surface area contributed by atoms with Crippen LogP contribution in [0.25, 0.3) is 11.0 Å². The highest BCUT2D eigenvalue weighted by atomic mass is 19.1. The zero-order chi connectivity index (χ0) is 23.2. The molecule has 8 nitrogen and oxygen atoms in total. The number of nitrogens with one attached hydrogen (secondary N) is 1. The standard InChI is InChI=1S/C23H32FN5O3/c1-14-8-15(24)9-18-21(14)26-19(25-18)12-28-10-16-6-7-17(11-28)29(16)13-20(30)27(4)23(2,3)22(31)32-5/h8-9,16-17H,6-7,10-13H2,1-5H3,(H,25,26). The minimum absolute atomic E-state index is 0.0828. The molecule has 1 amide bonds. The van der Waals surface area contributed by atoms with Crippen LogP contribution in [0.5, 0.6) is 0 Å². The van der Waals surface area contributed by atoms with Crippen LogP contribution in [-0.2, 0) is 20.9 Å². The lowest BCUT2D eigenvalue weighted by molar-refractivity contribution is -0.159. The number of likely N-dealkylation sites (tertiary alicyclic amines) is 1. The Morgan fingerprint density at radius 1 is 1.28 bits per heavy atom. The van der Waals surface area contributed by atoms with E-state index in [4.69, 9.17) is 4.74 Å². The van der Waals surface area contributed by atoms with E-state index >= 15 is 0 Å². The molecule has 0 aliphatic carbocycles. The summed E-state index contributed by atoms with van der Waals surface area (Å²) in [6, 6.07) is 3.56. The molecule has 2 saturated heterocycles. The predicted molar refractivity (Wildman–Crippen MR) is 118 cm³/mol. The number of carbonyl (C=O) groups excluding carboxylic acids is 2. The summed E-state index contributed by atoms with van der Waals surface area (Å²) in [5.74, 6) is 0.0571. The van der Waals surface area contributed by atoms with E-state index in [1.54, 1.807) is 20.9 Å². The Balaban J connectivity index is 1.40. The van der Waals surface area contributed by atoms with Crippen LogP contribution < -0.4 is 0 Å². The molecule has 3 heterocycles. The highest BCUT2D eigenvalue weighted by Gasteiger charge is 2.43. The van der Waals surface area contributed by atoms with Crippen LogP contribution >= 0.6 is 0 Å². The van der Waals surface area contributed by atoms with Gasteiger partial charge in [0.05, 0.1) is 31.2 Å². The summed E-state index contributed by atoms with van der Waals surface area (Å²) >= 11 is 0. The van der Waals surface area contributed by atoms with Gasteiger partial charge in [0.1, 0.15) is 17.2 Å². The minimum atomic E-state index is -1.01. The molecule has 174 valence electrons. The molecule has 2 aliphatic heterocycles. The number of hydrogen-bond donors (Lipinski definition) is 1. The Bertz CT molecular complexity index is 1020. The van der Waals surface area contributed by atoms with Crippen molar-refractivity contribution in [3.8, 4) is 0 Å². The summed E-state index contributed by atoms with van der Waals surface area (Å²) in [6.07, 6.45) is 2.09. The largest absolute Gasteiger partial charge is 0.467 e. The van der Waals surface area contributed by atoms with Crippen LogP contribution in [-0.4, -0.2) is 88.0 Å². The van der Waals surface area contributed by atoms with Crippen LogP contribution in [0.2, 0.25) is 0 Å². The molecule has 0 radical (unpaired) electrons. The molecule has 2 fully saturated rings. The zero-order valence-corrected chi connectivity index (χ0v) is 19.4. The van der Waals surface area contributed by atoms with Gasteiger partial charge in [-0.15, -0.1) is 0 Å². The van der Waals surface area contributed by atoms with Crippen molar-refractivity contribution in [2.24, 2.45) is 0 Å². The number of imidazole rings is 1. The highest BCUT2D eigenvalue weighted by molar-refractivity contribution is 5.88. The van der Waals surface area contributed by atoms with Gasteiger partial charge in [-0.3, -0.25) is 14.6 Å². The summed E-state index contributed by atoms with van der Waals surface area (Å²) in [6.45, 7) is 7.92. The highest BCUT2D eigenvalue weighted by Crippen LogP contribution is 2.31. The number of H-pyrrole nitrogens is 1. The van der Waals surface area contributed by atoms with E-state index in [2.05, 4.69) is 19.8 Å². The molecule has 1 N–H and O–H groups in total. The van der Waals surface area contributed by atoms with Gasteiger partial charge in [-0.1, -0.05) is 0 Å². The molecule has 2 unspecified atom stereocenters. The van der Waals surface area contributed by atoms with Crippen LogP contribution in [0.3, 0.4) is 0 Å². The fourth-order valence-corrected chi connectivity index (χ4v) is 5.01. The van der Waals surface area contributed by atoms with Crippen molar-refractivity contribution < 1.29 is 18.7 Å². The van der Waals surface area contributed by atoms with Gasteiger partial charge in [0.15, 0.2) is 0 Å². The second kappa shape index (κ2) is 8.44. The van der Waals surface area contributed by atoms with E-state index in [9.17, 15) is 14.0 Å². The van der Waals surface area contributed by atoms with Crippen molar-refractivity contribution in [1.29, 1.82) is 0 Å². The normalized spacial score (nSPS) is 21.8. The molecule has 9 heteroatoms. The molecular formula is C23H32FN5O3. The van der Waals surface area contributed by atoms with Gasteiger partial charge in [0.25, 0.3) is 0 Å². The zero-order valence-electron chi connectivity index (χ0n) is 19.4. The van der Waals surface area contributed by atoms with Crippen LogP contribution in [0.15, 0.2) is 12.1 Å². The van der Waals surface area contributed by atoms with Crippen molar-refractivity contribution in [2.75, 3.05) is 33.8 Å². The number of esters is 1. The maximum absolute atomic E-state index is 13.7. The van der Waals surface area contributed by atoms with Gasteiger partial charge in [-0.25, -0.2) is 14.2 Å². The van der Waals surface area contributed by atoms with Crippen LogP contribution in [0.1, 0.15) is 38.1 Å². The first-order valence-corrected chi connectivity index (χ1v) is 11.1. The van der Waals surface area contributed by atoms with Gasteiger partial charge in [0.2, 0.25) is 5.91 Å². The number of ether oxygens (including phenoxy) is 1. The first kappa shape index (κ1) is 22.7. The number of nitrogens with zero attached hydrogens (tertiary/aromatic N) is 4. The van der Waals surface area contributed by atoms with Crippen molar-refractivity contribution in [3.05, 3.63) is 29.3 Å². The number of fused-ring (bicyclic) bond motifs is 3. The lowest BCUT2D eigenvalue weighted by Crippen LogP contribution is -2.58. The lowest BCUT2D eigenvalue weighted by Gasteiger charge is -2.42. The smallest absolute Gasteiger partial charge is 0.331 e. The van der Waals surface area contributed by atoms with Gasteiger partial charge >= 0.3 is 5.97 Å². The van der Waals surface area contributed by atoms with Gasteiger partial charge in [0, 0.05) is 32.2 Å². The summed E-state index contributed by atoms with van der Waals surface area (Å²) in [4.78, 5) is 39.1. The number of hydrogen-bond acceptors (Lipinski definition) is 6. The second-order valence-corrected chi connectivity index (χ2v) is 9.56. The first-order valence-electron chi connectivity index (χ1n) is 11.1.